The fourth-order valence-electron chi connectivity index (χ4n) is 5.26. The van der Waals surface area contributed by atoms with E-state index in [1.54, 1.807) is 0 Å². The number of aryl methyl sites for hydroxylation is 1. The van der Waals surface area contributed by atoms with Crippen LogP contribution < -0.4 is 16.4 Å². The Morgan fingerprint density at radius 2 is 1.93 bits per heavy atom. The maximum absolute atomic E-state index is 13.4. The highest BCUT2D eigenvalue weighted by Gasteiger charge is 2.70. The Hall–Kier alpha value is -2.74. The molecule has 1 spiro atoms. The number of carbonyl (C=O) groups excluding carboxylic acids is 4. The first kappa shape index (κ1) is 20.5. The maximum atomic E-state index is 13.4. The van der Waals surface area contributed by atoms with Crippen LogP contribution in [0.15, 0.2) is 12.1 Å². The lowest BCUT2D eigenvalue weighted by Gasteiger charge is -2.29. The van der Waals surface area contributed by atoms with Crippen molar-refractivity contribution < 1.29 is 19.2 Å². The number of carbonyl (C=O) groups is 4. The van der Waals surface area contributed by atoms with Crippen LogP contribution in [-0.2, 0) is 24.7 Å². The van der Waals surface area contributed by atoms with Crippen molar-refractivity contribution in [3.05, 3.63) is 28.8 Å². The van der Waals surface area contributed by atoms with Gasteiger partial charge in [-0.05, 0) is 37.8 Å². The van der Waals surface area contributed by atoms with Gasteiger partial charge in [-0.15, -0.1) is 0 Å². The van der Waals surface area contributed by atoms with Gasteiger partial charge < -0.3 is 11.1 Å². The lowest BCUT2D eigenvalue weighted by Crippen LogP contribution is -2.53. The minimum absolute atomic E-state index is 0.0782. The number of amides is 4. The number of benzene rings is 1. The number of primary amides is 1. The van der Waals surface area contributed by atoms with Crippen LogP contribution in [0.5, 0.6) is 0 Å². The fourth-order valence-corrected chi connectivity index (χ4v) is 5.26. The minimum atomic E-state index is -1.31. The SMILES string of the molecule is CCCCN1C(=O)[C@@H]2[C@H](CCC(N)=O)N[C@@]3(C(=O)Nc4c3ccc(C)c4C)[C@H]2C1=O. The van der Waals surface area contributed by atoms with E-state index >= 15 is 0 Å². The van der Waals surface area contributed by atoms with Gasteiger partial charge in [0, 0.05) is 30.3 Å². The number of unbranched alkanes of at least 4 members (excludes halogenated alkanes) is 1. The molecular formula is C22H28N4O4. The summed E-state index contributed by atoms with van der Waals surface area (Å²) in [5.74, 6) is -2.89. The molecule has 4 atom stereocenters. The zero-order valence-corrected chi connectivity index (χ0v) is 17.6. The largest absolute Gasteiger partial charge is 0.370 e. The third-order valence-electron chi connectivity index (χ3n) is 6.95. The summed E-state index contributed by atoms with van der Waals surface area (Å²) in [4.78, 5) is 52.8. The van der Waals surface area contributed by atoms with Crippen LogP contribution in [0.4, 0.5) is 5.69 Å². The molecule has 1 aromatic carbocycles. The smallest absolute Gasteiger partial charge is 0.250 e. The number of imide groups is 1. The van der Waals surface area contributed by atoms with Crippen molar-refractivity contribution in [2.24, 2.45) is 17.6 Å². The predicted molar refractivity (Wildman–Crippen MR) is 110 cm³/mol. The van der Waals surface area contributed by atoms with Crippen molar-refractivity contribution in [1.29, 1.82) is 0 Å². The van der Waals surface area contributed by atoms with Crippen molar-refractivity contribution in [3.63, 3.8) is 0 Å². The lowest BCUT2D eigenvalue weighted by molar-refractivity contribution is -0.143. The number of hydrogen-bond donors (Lipinski definition) is 3. The maximum Gasteiger partial charge on any atom is 0.250 e. The summed E-state index contributed by atoms with van der Waals surface area (Å²) < 4.78 is 0. The monoisotopic (exact) mass is 412 g/mol. The molecule has 2 saturated heterocycles. The van der Waals surface area contributed by atoms with Crippen LogP contribution >= 0.6 is 0 Å². The van der Waals surface area contributed by atoms with E-state index in [4.69, 9.17) is 5.73 Å². The highest BCUT2D eigenvalue weighted by atomic mass is 16.2. The highest BCUT2D eigenvalue weighted by molar-refractivity contribution is 6.15. The van der Waals surface area contributed by atoms with Crippen molar-refractivity contribution >= 4 is 29.3 Å². The number of fused-ring (bicyclic) bond motifs is 4. The summed E-state index contributed by atoms with van der Waals surface area (Å²) in [6.45, 7) is 6.24. The Bertz CT molecular complexity index is 959. The molecule has 4 N–H and O–H groups in total. The molecule has 1 aromatic rings. The third kappa shape index (κ3) is 2.70. The Labute approximate surface area is 175 Å². The van der Waals surface area contributed by atoms with E-state index in [1.807, 2.05) is 32.9 Å². The number of nitrogens with one attached hydrogen (secondary N) is 2. The van der Waals surface area contributed by atoms with Gasteiger partial charge >= 0.3 is 0 Å². The normalized spacial score (nSPS) is 29.5. The Morgan fingerprint density at radius 3 is 2.60 bits per heavy atom. The molecule has 0 radical (unpaired) electrons. The van der Waals surface area contributed by atoms with Gasteiger partial charge in [0.2, 0.25) is 23.6 Å². The summed E-state index contributed by atoms with van der Waals surface area (Å²) in [7, 11) is 0. The molecule has 8 nitrogen and oxygen atoms in total. The second-order valence-corrected chi connectivity index (χ2v) is 8.63. The number of anilines is 1. The molecule has 3 aliphatic rings. The molecule has 2 fully saturated rings. The van der Waals surface area contributed by atoms with Gasteiger partial charge in [-0.3, -0.25) is 29.4 Å². The minimum Gasteiger partial charge on any atom is -0.370 e. The van der Waals surface area contributed by atoms with E-state index in [0.717, 1.165) is 17.5 Å². The molecule has 0 aromatic heterocycles. The molecule has 4 rings (SSSR count). The van der Waals surface area contributed by atoms with E-state index in [0.29, 0.717) is 30.6 Å². The van der Waals surface area contributed by atoms with Crippen LogP contribution in [0.2, 0.25) is 0 Å². The van der Waals surface area contributed by atoms with Gasteiger partial charge in [0.1, 0.15) is 5.54 Å². The molecule has 3 aliphatic heterocycles. The number of nitrogens with zero attached hydrogens (tertiary/aromatic N) is 1. The molecule has 3 heterocycles. The molecule has 160 valence electrons. The first-order valence-electron chi connectivity index (χ1n) is 10.6. The van der Waals surface area contributed by atoms with Gasteiger partial charge in [0.25, 0.3) is 0 Å². The van der Waals surface area contributed by atoms with Crippen molar-refractivity contribution in [2.75, 3.05) is 11.9 Å². The quantitative estimate of drug-likeness (QED) is 0.604. The first-order valence-corrected chi connectivity index (χ1v) is 10.6. The summed E-state index contributed by atoms with van der Waals surface area (Å²) >= 11 is 0. The van der Waals surface area contributed by atoms with Gasteiger partial charge in [-0.2, -0.15) is 0 Å². The van der Waals surface area contributed by atoms with Crippen LogP contribution in [0, 0.1) is 25.7 Å². The molecule has 0 aliphatic carbocycles. The molecule has 4 amide bonds. The van der Waals surface area contributed by atoms with Crippen molar-refractivity contribution in [1.82, 2.24) is 10.2 Å². The number of rotatable bonds is 6. The number of hydrogen-bond acceptors (Lipinski definition) is 5. The lowest BCUT2D eigenvalue weighted by atomic mass is 9.76. The van der Waals surface area contributed by atoms with Gasteiger partial charge in [0.05, 0.1) is 11.8 Å². The first-order chi connectivity index (χ1) is 14.2. The van der Waals surface area contributed by atoms with Crippen LogP contribution in [0.1, 0.15) is 49.3 Å². The zero-order valence-electron chi connectivity index (χ0n) is 17.6. The average molecular weight is 412 g/mol. The molecule has 0 bridgehead atoms. The molecule has 0 saturated carbocycles. The standard InChI is InChI=1S/C22H28N4O4/c1-4-5-10-26-19(28)16-14(8-9-15(23)27)25-22(17(16)20(26)29)13-7-6-11(2)12(3)18(13)24-21(22)30/h6-7,14,16-17,25H,4-5,8-10H2,1-3H3,(H2,23,27)(H,24,30)/t14-,16+,17+,22+/m0/s1. The van der Waals surface area contributed by atoms with Crippen LogP contribution in [0.25, 0.3) is 0 Å². The van der Waals surface area contributed by atoms with E-state index in [-0.39, 0.29) is 24.1 Å². The summed E-state index contributed by atoms with van der Waals surface area (Å²) in [5, 5.41) is 6.28. The van der Waals surface area contributed by atoms with E-state index < -0.39 is 29.3 Å². The van der Waals surface area contributed by atoms with Crippen LogP contribution in [0.3, 0.4) is 0 Å². The Morgan fingerprint density at radius 1 is 1.20 bits per heavy atom. The van der Waals surface area contributed by atoms with E-state index in [1.165, 1.54) is 4.90 Å². The summed E-state index contributed by atoms with van der Waals surface area (Å²) in [5.41, 5.74) is 7.40. The number of likely N-dealkylation sites (tertiary alicyclic amines) is 1. The Kier molecular flexibility index (Phi) is 4.92. The second-order valence-electron chi connectivity index (χ2n) is 8.63. The van der Waals surface area contributed by atoms with Crippen molar-refractivity contribution in [3.8, 4) is 0 Å². The average Bonchev–Trinajstić information content (AvgIpc) is 3.27. The Balaban J connectivity index is 1.83. The molecular weight excluding hydrogens is 384 g/mol. The summed E-state index contributed by atoms with van der Waals surface area (Å²) in [6, 6.07) is 3.31. The molecule has 0 unspecified atom stereocenters. The fraction of sp³-hybridized carbons (Fsp3) is 0.545. The van der Waals surface area contributed by atoms with Crippen molar-refractivity contribution in [2.45, 2.75) is 58.0 Å². The second kappa shape index (κ2) is 7.19. The highest BCUT2D eigenvalue weighted by Crippen LogP contribution is 2.54. The topological polar surface area (TPSA) is 122 Å². The molecule has 8 heteroatoms. The van der Waals surface area contributed by atoms with Gasteiger partial charge in [-0.25, -0.2) is 0 Å². The third-order valence-corrected chi connectivity index (χ3v) is 6.95. The summed E-state index contributed by atoms with van der Waals surface area (Å²) in [6.07, 6.45) is 1.94. The van der Waals surface area contributed by atoms with E-state index in [9.17, 15) is 19.2 Å². The molecule has 30 heavy (non-hydrogen) atoms. The predicted octanol–water partition coefficient (Wildman–Crippen LogP) is 1.09. The van der Waals surface area contributed by atoms with Crippen LogP contribution in [-0.4, -0.2) is 41.1 Å². The zero-order chi connectivity index (χ0) is 21.8. The number of nitrogens with two attached hydrogens (primary N) is 1. The van der Waals surface area contributed by atoms with E-state index in [2.05, 4.69) is 10.6 Å². The van der Waals surface area contributed by atoms with Gasteiger partial charge in [-0.1, -0.05) is 25.5 Å². The van der Waals surface area contributed by atoms with Gasteiger partial charge in [0.15, 0.2) is 0 Å².